The molecule has 0 spiro atoms. The molecular formula is C21H26N4O3. The summed E-state index contributed by atoms with van der Waals surface area (Å²) in [6.07, 6.45) is 3.35. The summed E-state index contributed by atoms with van der Waals surface area (Å²) < 4.78 is 12.5. The molecular weight excluding hydrogens is 356 g/mol. The fourth-order valence-electron chi connectivity index (χ4n) is 4.06. The summed E-state index contributed by atoms with van der Waals surface area (Å²) in [5.74, 6) is 1.68. The molecule has 0 saturated carbocycles. The van der Waals surface area contributed by atoms with Crippen LogP contribution in [0.15, 0.2) is 35.1 Å². The number of aromatic amines is 1. The first kappa shape index (κ1) is 18.6. The number of fused-ring (bicyclic) bond motifs is 1. The zero-order valence-corrected chi connectivity index (χ0v) is 16.6. The van der Waals surface area contributed by atoms with Crippen molar-refractivity contribution in [3.63, 3.8) is 0 Å². The summed E-state index contributed by atoms with van der Waals surface area (Å²) in [5.41, 5.74) is 3.44. The lowest BCUT2D eigenvalue weighted by Crippen LogP contribution is -2.33. The number of nitrogens with zero attached hydrogens (tertiary/aromatic N) is 3. The van der Waals surface area contributed by atoms with Gasteiger partial charge in [-0.25, -0.2) is 9.50 Å². The van der Waals surface area contributed by atoms with Gasteiger partial charge >= 0.3 is 0 Å². The SMILES string of the molecule is COc1ccc(OC)c(CN2CCCCC2c2cc3nc(C)cc(=O)n3[nH]2)c1. The average Bonchev–Trinajstić information content (AvgIpc) is 3.12. The van der Waals surface area contributed by atoms with Gasteiger partial charge in [-0.3, -0.25) is 14.8 Å². The minimum atomic E-state index is -0.0782. The van der Waals surface area contributed by atoms with Crippen LogP contribution in [-0.2, 0) is 6.54 Å². The summed E-state index contributed by atoms with van der Waals surface area (Å²) in [5, 5.41) is 3.27. The molecule has 1 fully saturated rings. The van der Waals surface area contributed by atoms with Crippen LogP contribution >= 0.6 is 0 Å². The Hall–Kier alpha value is -2.80. The molecule has 4 rings (SSSR count). The Kier molecular flexibility index (Phi) is 5.09. The van der Waals surface area contributed by atoms with E-state index in [4.69, 9.17) is 9.47 Å². The highest BCUT2D eigenvalue weighted by Gasteiger charge is 2.27. The van der Waals surface area contributed by atoms with Crippen LogP contribution < -0.4 is 15.0 Å². The van der Waals surface area contributed by atoms with Gasteiger partial charge in [-0.1, -0.05) is 6.42 Å². The lowest BCUT2D eigenvalue weighted by molar-refractivity contribution is 0.135. The van der Waals surface area contributed by atoms with E-state index in [-0.39, 0.29) is 11.6 Å². The van der Waals surface area contributed by atoms with Gasteiger partial charge in [-0.2, -0.15) is 0 Å². The molecule has 3 heterocycles. The van der Waals surface area contributed by atoms with Gasteiger partial charge in [0.2, 0.25) is 0 Å². The molecule has 1 atom stereocenters. The third kappa shape index (κ3) is 3.49. The molecule has 28 heavy (non-hydrogen) atoms. The second-order valence-electron chi connectivity index (χ2n) is 7.30. The zero-order valence-electron chi connectivity index (χ0n) is 16.6. The van der Waals surface area contributed by atoms with Crippen LogP contribution in [0.2, 0.25) is 0 Å². The van der Waals surface area contributed by atoms with Crippen LogP contribution in [-0.4, -0.2) is 40.3 Å². The van der Waals surface area contributed by atoms with Crippen LogP contribution in [0.4, 0.5) is 0 Å². The normalized spacial score (nSPS) is 17.8. The largest absolute Gasteiger partial charge is 0.497 e. The first-order chi connectivity index (χ1) is 13.6. The van der Waals surface area contributed by atoms with Crippen molar-refractivity contribution < 1.29 is 9.47 Å². The Labute approximate surface area is 163 Å². The van der Waals surface area contributed by atoms with Gasteiger partial charge in [-0.15, -0.1) is 0 Å². The molecule has 7 nitrogen and oxygen atoms in total. The van der Waals surface area contributed by atoms with Crippen molar-refractivity contribution in [3.8, 4) is 11.5 Å². The van der Waals surface area contributed by atoms with Crippen molar-refractivity contribution in [3.05, 3.63) is 57.6 Å². The topological polar surface area (TPSA) is 71.9 Å². The maximum absolute atomic E-state index is 12.3. The minimum absolute atomic E-state index is 0.0782. The van der Waals surface area contributed by atoms with E-state index >= 15 is 0 Å². The van der Waals surface area contributed by atoms with Gasteiger partial charge < -0.3 is 9.47 Å². The van der Waals surface area contributed by atoms with Crippen molar-refractivity contribution >= 4 is 5.65 Å². The Balaban J connectivity index is 1.67. The number of aromatic nitrogens is 3. The number of nitrogens with one attached hydrogen (secondary N) is 1. The van der Waals surface area contributed by atoms with Gasteiger partial charge in [0, 0.05) is 29.9 Å². The number of H-pyrrole nitrogens is 1. The quantitative estimate of drug-likeness (QED) is 0.734. The van der Waals surface area contributed by atoms with Gasteiger partial charge in [0.15, 0.2) is 5.65 Å². The second-order valence-corrected chi connectivity index (χ2v) is 7.30. The summed E-state index contributed by atoms with van der Waals surface area (Å²) in [6, 6.07) is 9.64. The van der Waals surface area contributed by atoms with E-state index in [9.17, 15) is 4.79 Å². The van der Waals surface area contributed by atoms with Crippen molar-refractivity contribution in [2.45, 2.75) is 38.8 Å². The summed E-state index contributed by atoms with van der Waals surface area (Å²) in [6.45, 7) is 3.58. The number of piperidine rings is 1. The molecule has 2 aromatic heterocycles. The lowest BCUT2D eigenvalue weighted by Gasteiger charge is -2.35. The first-order valence-electron chi connectivity index (χ1n) is 9.63. The number of aryl methyl sites for hydroxylation is 1. The zero-order chi connectivity index (χ0) is 19.7. The molecule has 0 amide bonds. The van der Waals surface area contributed by atoms with E-state index in [0.717, 1.165) is 60.8 Å². The smallest absolute Gasteiger partial charge is 0.272 e. The van der Waals surface area contributed by atoms with Crippen molar-refractivity contribution in [2.75, 3.05) is 20.8 Å². The van der Waals surface area contributed by atoms with Crippen molar-refractivity contribution in [1.29, 1.82) is 0 Å². The molecule has 1 N–H and O–H groups in total. The predicted molar refractivity (Wildman–Crippen MR) is 107 cm³/mol. The summed E-state index contributed by atoms with van der Waals surface area (Å²) >= 11 is 0. The molecule has 0 aliphatic carbocycles. The fraction of sp³-hybridized carbons (Fsp3) is 0.429. The number of hydrogen-bond acceptors (Lipinski definition) is 5. The van der Waals surface area contributed by atoms with Crippen LogP contribution in [0.5, 0.6) is 11.5 Å². The highest BCUT2D eigenvalue weighted by atomic mass is 16.5. The van der Waals surface area contributed by atoms with E-state index in [1.54, 1.807) is 20.3 Å². The molecule has 1 unspecified atom stereocenters. The van der Waals surface area contributed by atoms with E-state index in [1.165, 1.54) is 4.52 Å². The van der Waals surface area contributed by atoms with E-state index in [0.29, 0.717) is 5.65 Å². The van der Waals surface area contributed by atoms with Crippen LogP contribution in [0.25, 0.3) is 5.65 Å². The number of rotatable bonds is 5. The molecule has 1 saturated heterocycles. The molecule has 7 heteroatoms. The average molecular weight is 382 g/mol. The van der Waals surface area contributed by atoms with Crippen LogP contribution in [0.1, 0.15) is 42.3 Å². The molecule has 0 radical (unpaired) electrons. The second kappa shape index (κ2) is 7.67. The number of methoxy groups -OCH3 is 2. The summed E-state index contributed by atoms with van der Waals surface area (Å²) in [7, 11) is 3.36. The highest BCUT2D eigenvalue weighted by molar-refractivity contribution is 5.42. The predicted octanol–water partition coefficient (Wildman–Crippen LogP) is 3.08. The highest BCUT2D eigenvalue weighted by Crippen LogP contribution is 2.34. The summed E-state index contributed by atoms with van der Waals surface area (Å²) in [4.78, 5) is 19.2. The number of ether oxygens (including phenoxy) is 2. The third-order valence-corrected chi connectivity index (χ3v) is 5.43. The Morgan fingerprint density at radius 1 is 1.18 bits per heavy atom. The van der Waals surface area contributed by atoms with Crippen molar-refractivity contribution in [1.82, 2.24) is 19.5 Å². The number of benzene rings is 1. The van der Waals surface area contributed by atoms with Crippen molar-refractivity contribution in [2.24, 2.45) is 0 Å². The number of likely N-dealkylation sites (tertiary alicyclic amines) is 1. The van der Waals surface area contributed by atoms with Gasteiger partial charge in [0.25, 0.3) is 5.56 Å². The molecule has 148 valence electrons. The van der Waals surface area contributed by atoms with Gasteiger partial charge in [0.05, 0.1) is 26.0 Å². The number of hydrogen-bond donors (Lipinski definition) is 1. The maximum atomic E-state index is 12.3. The standard InChI is InChI=1S/C21H26N4O3/c1-14-10-21(26)25-20(22-14)12-17(23-25)18-6-4-5-9-24(18)13-15-11-16(27-2)7-8-19(15)28-3/h7-8,10-12,18,23H,4-6,9,13H2,1-3H3. The molecule has 1 aromatic carbocycles. The Bertz CT molecular complexity index is 1040. The van der Waals surface area contributed by atoms with E-state index < -0.39 is 0 Å². The van der Waals surface area contributed by atoms with E-state index in [1.807, 2.05) is 31.2 Å². The van der Waals surface area contributed by atoms with Gasteiger partial charge in [0.1, 0.15) is 11.5 Å². The third-order valence-electron chi connectivity index (χ3n) is 5.43. The maximum Gasteiger partial charge on any atom is 0.272 e. The molecule has 0 bridgehead atoms. The fourth-order valence-corrected chi connectivity index (χ4v) is 4.06. The monoisotopic (exact) mass is 382 g/mol. The Morgan fingerprint density at radius 3 is 2.82 bits per heavy atom. The minimum Gasteiger partial charge on any atom is -0.497 e. The molecule has 1 aliphatic heterocycles. The molecule has 1 aliphatic rings. The van der Waals surface area contributed by atoms with Gasteiger partial charge in [-0.05, 0) is 44.5 Å². The molecule has 3 aromatic rings. The first-order valence-corrected chi connectivity index (χ1v) is 9.63. The van der Waals surface area contributed by atoms with Crippen LogP contribution in [0, 0.1) is 6.92 Å². The lowest BCUT2D eigenvalue weighted by atomic mass is 9.98. The Morgan fingerprint density at radius 2 is 2.04 bits per heavy atom. The van der Waals surface area contributed by atoms with E-state index in [2.05, 4.69) is 15.0 Å². The van der Waals surface area contributed by atoms with Crippen LogP contribution in [0.3, 0.4) is 0 Å².